The Morgan fingerprint density at radius 3 is 2.45 bits per heavy atom. The van der Waals surface area contributed by atoms with E-state index in [9.17, 15) is 13.2 Å². The van der Waals surface area contributed by atoms with Crippen molar-refractivity contribution in [1.82, 2.24) is 5.32 Å². The van der Waals surface area contributed by atoms with Gasteiger partial charge in [-0.25, -0.2) is 8.42 Å². The molecular formula is C26H23ClN2O3S. The quantitative estimate of drug-likeness (QED) is 0.365. The molecule has 33 heavy (non-hydrogen) atoms. The van der Waals surface area contributed by atoms with Crippen LogP contribution in [0.25, 0.3) is 10.8 Å². The second-order valence-corrected chi connectivity index (χ2v) is 9.88. The van der Waals surface area contributed by atoms with Crippen molar-refractivity contribution in [2.24, 2.45) is 0 Å². The molecule has 4 aromatic carbocycles. The molecule has 0 unspecified atom stereocenters. The SMILES string of the molecule is Cc1cccc(NS(=O)(=O)c2cc(C(=O)NCc3cccc4ccccc34)ccc2Cl)c1C. The summed E-state index contributed by atoms with van der Waals surface area (Å²) in [6.45, 7) is 4.05. The third kappa shape index (κ3) is 4.87. The van der Waals surface area contributed by atoms with Crippen molar-refractivity contribution in [3.05, 3.63) is 106 Å². The summed E-state index contributed by atoms with van der Waals surface area (Å²) in [5.74, 6) is -0.386. The number of halogens is 1. The van der Waals surface area contributed by atoms with Gasteiger partial charge in [0, 0.05) is 12.1 Å². The van der Waals surface area contributed by atoms with E-state index in [4.69, 9.17) is 11.6 Å². The lowest BCUT2D eigenvalue weighted by molar-refractivity contribution is 0.0951. The summed E-state index contributed by atoms with van der Waals surface area (Å²) in [5, 5.41) is 5.05. The van der Waals surface area contributed by atoms with Crippen molar-refractivity contribution in [1.29, 1.82) is 0 Å². The minimum absolute atomic E-state index is 0.0402. The van der Waals surface area contributed by atoms with Gasteiger partial charge in [-0.1, -0.05) is 66.2 Å². The first kappa shape index (κ1) is 22.8. The lowest BCUT2D eigenvalue weighted by atomic mass is 10.0. The fourth-order valence-electron chi connectivity index (χ4n) is 3.64. The zero-order chi connectivity index (χ0) is 23.6. The van der Waals surface area contributed by atoms with Gasteiger partial charge in [0.1, 0.15) is 4.90 Å². The number of rotatable bonds is 6. The molecule has 0 radical (unpaired) electrons. The van der Waals surface area contributed by atoms with Crippen LogP contribution in [0.3, 0.4) is 0 Å². The average Bonchev–Trinajstić information content (AvgIpc) is 2.80. The third-order valence-electron chi connectivity index (χ3n) is 5.65. The molecule has 4 aromatic rings. The van der Waals surface area contributed by atoms with Gasteiger partial charge < -0.3 is 5.32 Å². The third-order valence-corrected chi connectivity index (χ3v) is 7.50. The standard InChI is InChI=1S/C26H23ClN2O3S/c1-17-7-5-12-24(18(17)2)29-33(31,32)25-15-20(13-14-23(25)27)26(30)28-16-21-10-6-9-19-8-3-4-11-22(19)21/h3-15,29H,16H2,1-2H3,(H,28,30). The first-order chi connectivity index (χ1) is 15.8. The van der Waals surface area contributed by atoms with E-state index < -0.39 is 10.0 Å². The Labute approximate surface area is 198 Å². The molecule has 0 heterocycles. The molecule has 2 N–H and O–H groups in total. The molecular weight excluding hydrogens is 456 g/mol. The van der Waals surface area contributed by atoms with Crippen LogP contribution in [0.4, 0.5) is 5.69 Å². The zero-order valence-electron chi connectivity index (χ0n) is 18.2. The van der Waals surface area contributed by atoms with E-state index in [1.54, 1.807) is 12.1 Å². The number of nitrogens with one attached hydrogen (secondary N) is 2. The Balaban J connectivity index is 1.57. The number of benzene rings is 4. The Bertz CT molecular complexity index is 1460. The summed E-state index contributed by atoms with van der Waals surface area (Å²) < 4.78 is 28.7. The van der Waals surface area contributed by atoms with Crippen molar-refractivity contribution in [3.8, 4) is 0 Å². The molecule has 7 heteroatoms. The van der Waals surface area contributed by atoms with Crippen molar-refractivity contribution in [2.75, 3.05) is 4.72 Å². The lowest BCUT2D eigenvalue weighted by Crippen LogP contribution is -2.23. The Kier molecular flexibility index (Phi) is 6.40. The molecule has 0 fully saturated rings. The Morgan fingerprint density at radius 2 is 1.64 bits per heavy atom. The minimum atomic E-state index is -4.00. The van der Waals surface area contributed by atoms with Crippen LogP contribution in [0.5, 0.6) is 0 Å². The molecule has 0 saturated heterocycles. The number of anilines is 1. The minimum Gasteiger partial charge on any atom is -0.348 e. The van der Waals surface area contributed by atoms with Crippen LogP contribution >= 0.6 is 11.6 Å². The number of fused-ring (bicyclic) bond motifs is 1. The van der Waals surface area contributed by atoms with Gasteiger partial charge in [0.15, 0.2) is 0 Å². The predicted molar refractivity (Wildman–Crippen MR) is 133 cm³/mol. The lowest BCUT2D eigenvalue weighted by Gasteiger charge is -2.14. The van der Waals surface area contributed by atoms with Gasteiger partial charge in [-0.15, -0.1) is 0 Å². The van der Waals surface area contributed by atoms with Gasteiger partial charge in [0.2, 0.25) is 0 Å². The fraction of sp³-hybridized carbons (Fsp3) is 0.115. The zero-order valence-corrected chi connectivity index (χ0v) is 19.8. The largest absolute Gasteiger partial charge is 0.348 e. The molecule has 0 aliphatic rings. The van der Waals surface area contributed by atoms with Crippen molar-refractivity contribution in [3.63, 3.8) is 0 Å². The molecule has 5 nitrogen and oxygen atoms in total. The van der Waals surface area contributed by atoms with Crippen LogP contribution in [0.2, 0.25) is 5.02 Å². The summed E-state index contributed by atoms with van der Waals surface area (Å²) in [5.41, 5.74) is 3.43. The molecule has 4 rings (SSSR count). The van der Waals surface area contributed by atoms with Gasteiger partial charge in [0.25, 0.3) is 15.9 Å². The summed E-state index contributed by atoms with van der Waals surface area (Å²) in [6.07, 6.45) is 0. The highest BCUT2D eigenvalue weighted by molar-refractivity contribution is 7.92. The Hall–Kier alpha value is -3.35. The van der Waals surface area contributed by atoms with Crippen LogP contribution in [0.1, 0.15) is 27.0 Å². The van der Waals surface area contributed by atoms with E-state index >= 15 is 0 Å². The normalized spacial score (nSPS) is 11.4. The van der Waals surface area contributed by atoms with E-state index in [1.807, 2.05) is 62.4 Å². The van der Waals surface area contributed by atoms with Gasteiger partial charge in [0.05, 0.1) is 10.7 Å². The molecule has 0 aromatic heterocycles. The Morgan fingerprint density at radius 1 is 0.909 bits per heavy atom. The van der Waals surface area contributed by atoms with Crippen LogP contribution in [-0.4, -0.2) is 14.3 Å². The molecule has 0 aliphatic carbocycles. The molecule has 0 spiro atoms. The van der Waals surface area contributed by atoms with Crippen molar-refractivity contribution in [2.45, 2.75) is 25.3 Å². The van der Waals surface area contributed by atoms with E-state index in [0.717, 1.165) is 27.5 Å². The van der Waals surface area contributed by atoms with Gasteiger partial charge in [-0.3, -0.25) is 9.52 Å². The van der Waals surface area contributed by atoms with Crippen LogP contribution in [0.15, 0.2) is 83.8 Å². The number of carbonyl (C=O) groups excluding carboxylic acids is 1. The molecule has 1 amide bonds. The van der Waals surface area contributed by atoms with Gasteiger partial charge in [-0.2, -0.15) is 0 Å². The molecule has 0 aliphatic heterocycles. The first-order valence-corrected chi connectivity index (χ1v) is 12.3. The number of sulfonamides is 1. The van der Waals surface area contributed by atoms with E-state index in [1.165, 1.54) is 18.2 Å². The maximum Gasteiger partial charge on any atom is 0.263 e. The highest BCUT2D eigenvalue weighted by Gasteiger charge is 2.21. The van der Waals surface area contributed by atoms with E-state index in [-0.39, 0.29) is 21.4 Å². The topological polar surface area (TPSA) is 75.3 Å². The summed E-state index contributed by atoms with van der Waals surface area (Å²) in [4.78, 5) is 12.7. The molecule has 0 bridgehead atoms. The highest BCUT2D eigenvalue weighted by Crippen LogP contribution is 2.27. The van der Waals surface area contributed by atoms with Gasteiger partial charge >= 0.3 is 0 Å². The second kappa shape index (κ2) is 9.25. The van der Waals surface area contributed by atoms with Crippen LogP contribution < -0.4 is 10.0 Å². The highest BCUT2D eigenvalue weighted by atomic mass is 35.5. The van der Waals surface area contributed by atoms with Crippen molar-refractivity contribution >= 4 is 44.0 Å². The number of carbonyl (C=O) groups is 1. The average molecular weight is 479 g/mol. The van der Waals surface area contributed by atoms with Crippen molar-refractivity contribution < 1.29 is 13.2 Å². The first-order valence-electron chi connectivity index (χ1n) is 10.4. The molecule has 0 atom stereocenters. The van der Waals surface area contributed by atoms with Crippen LogP contribution in [-0.2, 0) is 16.6 Å². The summed E-state index contributed by atoms with van der Waals surface area (Å²) >= 11 is 6.21. The summed E-state index contributed by atoms with van der Waals surface area (Å²) in [7, 11) is -4.00. The monoisotopic (exact) mass is 478 g/mol. The van der Waals surface area contributed by atoms with Crippen LogP contribution in [0, 0.1) is 13.8 Å². The number of aryl methyl sites for hydroxylation is 1. The van der Waals surface area contributed by atoms with E-state index in [0.29, 0.717) is 12.2 Å². The number of hydrogen-bond donors (Lipinski definition) is 2. The van der Waals surface area contributed by atoms with E-state index in [2.05, 4.69) is 10.0 Å². The number of hydrogen-bond acceptors (Lipinski definition) is 3. The molecule has 0 saturated carbocycles. The molecule has 168 valence electrons. The maximum absolute atomic E-state index is 13.1. The van der Waals surface area contributed by atoms with Gasteiger partial charge in [-0.05, 0) is 65.6 Å². The fourth-order valence-corrected chi connectivity index (χ4v) is 5.29. The maximum atomic E-state index is 13.1. The second-order valence-electron chi connectivity index (χ2n) is 7.82. The smallest absolute Gasteiger partial charge is 0.263 e. The number of amides is 1. The predicted octanol–water partition coefficient (Wildman–Crippen LogP) is 5.84. The summed E-state index contributed by atoms with van der Waals surface area (Å²) in [6, 6.07) is 23.4.